The van der Waals surface area contributed by atoms with Gasteiger partial charge in [0.1, 0.15) is 5.78 Å². The Balaban J connectivity index is 2.25. The van der Waals surface area contributed by atoms with Crippen molar-refractivity contribution in [3.8, 4) is 0 Å². The molecule has 16 heavy (non-hydrogen) atoms. The fourth-order valence-corrected chi connectivity index (χ4v) is 3.67. The Labute approximate surface area is 99.3 Å². The second-order valence-corrected chi connectivity index (χ2v) is 6.74. The first kappa shape index (κ1) is 11.9. The van der Waals surface area contributed by atoms with E-state index in [0.717, 1.165) is 31.6 Å². The van der Waals surface area contributed by atoms with Crippen molar-refractivity contribution in [1.29, 1.82) is 0 Å². The van der Waals surface area contributed by atoms with E-state index in [2.05, 4.69) is 33.8 Å². The molecule has 0 unspecified atom stereocenters. The van der Waals surface area contributed by atoms with E-state index in [1.807, 2.05) is 0 Å². The van der Waals surface area contributed by atoms with Gasteiger partial charge in [0.2, 0.25) is 0 Å². The molecule has 2 aliphatic carbocycles. The minimum Gasteiger partial charge on any atom is -0.299 e. The summed E-state index contributed by atoms with van der Waals surface area (Å²) in [5.74, 6) is 2.20. The largest absolute Gasteiger partial charge is 0.299 e. The van der Waals surface area contributed by atoms with Crippen molar-refractivity contribution < 1.29 is 4.79 Å². The number of carbonyl (C=O) groups excluding carboxylic acids is 1. The second kappa shape index (κ2) is 4.01. The number of rotatable bonds is 0. The van der Waals surface area contributed by atoms with Gasteiger partial charge in [-0.05, 0) is 43.4 Å². The topological polar surface area (TPSA) is 17.1 Å². The molecular weight excluding hydrogens is 196 g/mol. The van der Waals surface area contributed by atoms with Gasteiger partial charge >= 0.3 is 0 Å². The van der Waals surface area contributed by atoms with Crippen LogP contribution < -0.4 is 0 Å². The van der Waals surface area contributed by atoms with Crippen molar-refractivity contribution in [2.24, 2.45) is 23.2 Å². The molecule has 0 bridgehead atoms. The average Bonchev–Trinajstić information content (AvgIpc) is 2.15. The van der Waals surface area contributed by atoms with Gasteiger partial charge in [-0.1, -0.05) is 32.4 Å². The number of hydrogen-bond acceptors (Lipinski definition) is 1. The van der Waals surface area contributed by atoms with E-state index >= 15 is 0 Å². The Hall–Kier alpha value is -0.590. The third kappa shape index (κ3) is 2.09. The van der Waals surface area contributed by atoms with Gasteiger partial charge in [-0.2, -0.15) is 0 Å². The molecule has 1 saturated carbocycles. The Morgan fingerprint density at radius 3 is 2.62 bits per heavy atom. The van der Waals surface area contributed by atoms with E-state index in [1.165, 1.54) is 5.57 Å². The Bertz CT molecular complexity index is 319. The molecule has 0 heterocycles. The lowest BCUT2D eigenvalue weighted by atomic mass is 9.58. The zero-order valence-electron chi connectivity index (χ0n) is 11.0. The quantitative estimate of drug-likeness (QED) is 0.564. The molecule has 1 fully saturated rings. The highest BCUT2D eigenvalue weighted by atomic mass is 16.1. The first-order chi connectivity index (χ1) is 7.39. The van der Waals surface area contributed by atoms with Crippen LogP contribution in [0.1, 0.15) is 53.4 Å². The Morgan fingerprint density at radius 1 is 1.31 bits per heavy atom. The van der Waals surface area contributed by atoms with E-state index in [4.69, 9.17) is 0 Å². The van der Waals surface area contributed by atoms with Gasteiger partial charge in [0.15, 0.2) is 0 Å². The second-order valence-electron chi connectivity index (χ2n) is 6.74. The Kier molecular flexibility index (Phi) is 2.98. The van der Waals surface area contributed by atoms with Crippen molar-refractivity contribution in [2.45, 2.75) is 53.4 Å². The van der Waals surface area contributed by atoms with Crippen LogP contribution in [0.3, 0.4) is 0 Å². The SMILES string of the molecule is CC1=CC[C@H]2C(=O)CC[C@H](C(C)(C)C)[C@H]2C1. The van der Waals surface area contributed by atoms with Crippen molar-refractivity contribution in [3.05, 3.63) is 11.6 Å². The summed E-state index contributed by atoms with van der Waals surface area (Å²) in [6, 6.07) is 0. The summed E-state index contributed by atoms with van der Waals surface area (Å²) in [6.07, 6.45) is 6.36. The summed E-state index contributed by atoms with van der Waals surface area (Å²) in [4.78, 5) is 12.0. The molecule has 0 aromatic carbocycles. The molecule has 0 aliphatic heterocycles. The standard InChI is InChI=1S/C15H24O/c1-10-5-6-11-12(9-10)13(15(2,3)4)7-8-14(11)16/h5,11-13H,6-9H2,1-4H3/t11-,12+,13+/m1/s1. The van der Waals surface area contributed by atoms with Crippen molar-refractivity contribution in [3.63, 3.8) is 0 Å². The van der Waals surface area contributed by atoms with E-state index in [9.17, 15) is 4.79 Å². The highest BCUT2D eigenvalue weighted by molar-refractivity contribution is 5.82. The van der Waals surface area contributed by atoms with E-state index in [1.54, 1.807) is 0 Å². The molecule has 2 rings (SSSR count). The predicted octanol–water partition coefficient (Wildman–Crippen LogP) is 3.98. The number of Topliss-reactive ketones (excluding diaryl/α,β-unsaturated/α-hetero) is 1. The van der Waals surface area contributed by atoms with Gasteiger partial charge < -0.3 is 0 Å². The number of allylic oxidation sites excluding steroid dienone is 2. The highest BCUT2D eigenvalue weighted by Crippen LogP contribution is 2.48. The molecule has 1 nitrogen and oxygen atoms in total. The lowest BCUT2D eigenvalue weighted by molar-refractivity contribution is -0.130. The monoisotopic (exact) mass is 220 g/mol. The van der Waals surface area contributed by atoms with Gasteiger partial charge in [0, 0.05) is 12.3 Å². The minimum absolute atomic E-state index is 0.335. The van der Waals surface area contributed by atoms with Crippen LogP contribution in [-0.4, -0.2) is 5.78 Å². The number of carbonyl (C=O) groups is 1. The smallest absolute Gasteiger partial charge is 0.136 e. The molecule has 0 amide bonds. The van der Waals surface area contributed by atoms with Crippen LogP contribution in [0, 0.1) is 23.2 Å². The zero-order valence-corrected chi connectivity index (χ0v) is 11.0. The van der Waals surface area contributed by atoms with E-state index in [0.29, 0.717) is 23.0 Å². The van der Waals surface area contributed by atoms with Crippen LogP contribution >= 0.6 is 0 Å². The zero-order chi connectivity index (χ0) is 11.9. The predicted molar refractivity (Wildman–Crippen MR) is 67.2 cm³/mol. The summed E-state index contributed by atoms with van der Waals surface area (Å²) in [6.45, 7) is 9.21. The molecule has 0 aromatic rings. The molecule has 3 atom stereocenters. The molecule has 0 aromatic heterocycles. The fraction of sp³-hybridized carbons (Fsp3) is 0.800. The van der Waals surface area contributed by atoms with Crippen LogP contribution in [0.25, 0.3) is 0 Å². The average molecular weight is 220 g/mol. The van der Waals surface area contributed by atoms with E-state index < -0.39 is 0 Å². The normalized spacial score (nSPS) is 35.6. The number of ketones is 1. The van der Waals surface area contributed by atoms with Crippen LogP contribution in [0.4, 0.5) is 0 Å². The van der Waals surface area contributed by atoms with Crippen LogP contribution in [0.15, 0.2) is 11.6 Å². The summed E-state index contributed by atoms with van der Waals surface area (Å²) < 4.78 is 0. The van der Waals surface area contributed by atoms with E-state index in [-0.39, 0.29) is 0 Å². The number of hydrogen-bond donors (Lipinski definition) is 0. The lowest BCUT2D eigenvalue weighted by Gasteiger charge is -2.45. The first-order valence-corrected chi connectivity index (χ1v) is 6.58. The third-order valence-electron chi connectivity index (χ3n) is 4.54. The van der Waals surface area contributed by atoms with Crippen molar-refractivity contribution >= 4 is 5.78 Å². The molecule has 0 N–H and O–H groups in total. The maximum atomic E-state index is 12.0. The first-order valence-electron chi connectivity index (χ1n) is 6.58. The van der Waals surface area contributed by atoms with Gasteiger partial charge in [-0.15, -0.1) is 0 Å². The summed E-state index contributed by atoms with van der Waals surface area (Å²) >= 11 is 0. The summed E-state index contributed by atoms with van der Waals surface area (Å²) in [7, 11) is 0. The molecule has 0 spiro atoms. The molecule has 0 radical (unpaired) electrons. The van der Waals surface area contributed by atoms with Gasteiger partial charge in [-0.25, -0.2) is 0 Å². The molecule has 90 valence electrons. The fourth-order valence-electron chi connectivity index (χ4n) is 3.67. The van der Waals surface area contributed by atoms with Gasteiger partial charge in [0.05, 0.1) is 0 Å². The van der Waals surface area contributed by atoms with Crippen molar-refractivity contribution in [1.82, 2.24) is 0 Å². The number of fused-ring (bicyclic) bond motifs is 1. The lowest BCUT2D eigenvalue weighted by Crippen LogP contribution is -2.42. The molecule has 0 saturated heterocycles. The highest BCUT2D eigenvalue weighted by Gasteiger charge is 2.43. The van der Waals surface area contributed by atoms with Crippen LogP contribution in [0.2, 0.25) is 0 Å². The maximum absolute atomic E-state index is 12.0. The molecule has 1 heteroatoms. The van der Waals surface area contributed by atoms with Crippen LogP contribution in [-0.2, 0) is 4.79 Å². The van der Waals surface area contributed by atoms with Crippen LogP contribution in [0.5, 0.6) is 0 Å². The molecular formula is C15H24O. The van der Waals surface area contributed by atoms with Gasteiger partial charge in [-0.3, -0.25) is 4.79 Å². The minimum atomic E-state index is 0.335. The van der Waals surface area contributed by atoms with Crippen molar-refractivity contribution in [2.75, 3.05) is 0 Å². The summed E-state index contributed by atoms with van der Waals surface area (Å²) in [5, 5.41) is 0. The Morgan fingerprint density at radius 2 is 2.00 bits per heavy atom. The molecule has 2 aliphatic rings. The maximum Gasteiger partial charge on any atom is 0.136 e. The van der Waals surface area contributed by atoms with Gasteiger partial charge in [0.25, 0.3) is 0 Å². The summed E-state index contributed by atoms with van der Waals surface area (Å²) in [5.41, 5.74) is 1.84. The third-order valence-corrected chi connectivity index (χ3v) is 4.54.